The van der Waals surface area contributed by atoms with E-state index in [4.69, 9.17) is 54.8 Å². The molecule has 2 saturated heterocycles. The number of methoxy groups -OCH3 is 2. The summed E-state index contributed by atoms with van der Waals surface area (Å²) in [5.41, 5.74) is 5.48. The van der Waals surface area contributed by atoms with Crippen molar-refractivity contribution in [2.45, 2.75) is 110 Å². The van der Waals surface area contributed by atoms with Crippen LogP contribution in [0.5, 0.6) is 11.5 Å². The van der Waals surface area contributed by atoms with Crippen molar-refractivity contribution >= 4 is 46.8 Å². The third-order valence-corrected chi connectivity index (χ3v) is 11.5. The second-order valence-electron chi connectivity index (χ2n) is 15.9. The molecular formula is C46H56N2O14S. The standard InChI is InChI=1S/C46H56N2O14S/c1-25-39(22-48-16-15-32-18-36(54-6)37(55-7)19-34(32)21-48)61-46(62-42(25)31-13-11-30(23-49)12-14-31)33-9-8-10-35(17-33)47-41(63)20-38-43(57-27(3)51)45(59-29(5)53)44(58-28(4)52)40(60-38)24-56-26(2)50/h8-14,17-19,25,38-40,42-46,49H,15-16,20-24H2,1-7H3,(H,47,63)/t25-,38-,39+,40+,42+,43-,44+,45+,46?/m0/s1. The van der Waals surface area contributed by atoms with Gasteiger partial charge in [0.05, 0.1) is 38.0 Å². The van der Waals surface area contributed by atoms with Crippen LogP contribution in [0, 0.1) is 5.92 Å². The van der Waals surface area contributed by atoms with Gasteiger partial charge in [-0.25, -0.2) is 0 Å². The van der Waals surface area contributed by atoms with Crippen LogP contribution in [0.1, 0.15) is 81.3 Å². The van der Waals surface area contributed by atoms with Gasteiger partial charge in [0.25, 0.3) is 0 Å². The minimum absolute atomic E-state index is 0.0435. The number of benzene rings is 3. The van der Waals surface area contributed by atoms with Gasteiger partial charge in [-0.1, -0.05) is 55.5 Å². The lowest BCUT2D eigenvalue weighted by Crippen LogP contribution is -2.62. The third-order valence-electron chi connectivity index (χ3n) is 11.3. The number of fused-ring (bicyclic) bond motifs is 1. The Morgan fingerprint density at radius 1 is 0.762 bits per heavy atom. The molecule has 3 aliphatic heterocycles. The van der Waals surface area contributed by atoms with Crippen molar-refractivity contribution in [2.75, 3.05) is 39.2 Å². The number of aliphatic hydroxyl groups excluding tert-OH is 1. The third kappa shape index (κ3) is 12.1. The molecule has 1 unspecified atom stereocenters. The molecule has 63 heavy (non-hydrogen) atoms. The molecule has 0 bridgehead atoms. The molecule has 3 aromatic rings. The van der Waals surface area contributed by atoms with Crippen LogP contribution >= 0.6 is 12.2 Å². The predicted octanol–water partition coefficient (Wildman–Crippen LogP) is 5.30. The van der Waals surface area contributed by atoms with Crippen molar-refractivity contribution in [1.29, 1.82) is 0 Å². The largest absolute Gasteiger partial charge is 0.493 e. The molecular weight excluding hydrogens is 837 g/mol. The van der Waals surface area contributed by atoms with Gasteiger partial charge in [0, 0.05) is 70.9 Å². The highest BCUT2D eigenvalue weighted by Gasteiger charge is 2.52. The lowest BCUT2D eigenvalue weighted by Gasteiger charge is -2.44. The van der Waals surface area contributed by atoms with E-state index in [0.717, 1.165) is 36.6 Å². The maximum atomic E-state index is 12.4. The normalized spacial score (nSPS) is 25.7. The Morgan fingerprint density at radius 3 is 2.02 bits per heavy atom. The summed E-state index contributed by atoms with van der Waals surface area (Å²) in [6, 6.07) is 19.3. The Hall–Kier alpha value is -5.17. The fourth-order valence-electron chi connectivity index (χ4n) is 8.32. The Balaban J connectivity index is 1.22. The van der Waals surface area contributed by atoms with E-state index in [1.165, 1.54) is 31.9 Å². The van der Waals surface area contributed by atoms with Gasteiger partial charge in [0.1, 0.15) is 18.8 Å². The summed E-state index contributed by atoms with van der Waals surface area (Å²) in [5, 5.41) is 13.0. The summed E-state index contributed by atoms with van der Waals surface area (Å²) < 4.78 is 53.0. The minimum atomic E-state index is -1.31. The van der Waals surface area contributed by atoms with Crippen molar-refractivity contribution < 1.29 is 66.9 Å². The number of anilines is 1. The summed E-state index contributed by atoms with van der Waals surface area (Å²) in [4.78, 5) is 51.3. The van der Waals surface area contributed by atoms with Gasteiger partial charge in [0.15, 0.2) is 36.1 Å². The van der Waals surface area contributed by atoms with E-state index in [9.17, 15) is 24.3 Å². The second-order valence-corrected chi connectivity index (χ2v) is 16.4. The minimum Gasteiger partial charge on any atom is -0.493 e. The van der Waals surface area contributed by atoms with Crippen molar-refractivity contribution in [3.05, 3.63) is 88.5 Å². The van der Waals surface area contributed by atoms with E-state index in [1.807, 2.05) is 54.6 Å². The van der Waals surface area contributed by atoms with Crippen LogP contribution in [0.25, 0.3) is 0 Å². The Morgan fingerprint density at radius 2 is 1.40 bits per heavy atom. The maximum absolute atomic E-state index is 12.4. The fourth-order valence-corrected chi connectivity index (χ4v) is 8.60. The molecule has 0 aliphatic carbocycles. The zero-order valence-electron chi connectivity index (χ0n) is 36.5. The fraction of sp³-hybridized carbons (Fsp3) is 0.500. The molecule has 3 heterocycles. The molecule has 3 aromatic carbocycles. The van der Waals surface area contributed by atoms with Gasteiger partial charge in [-0.3, -0.25) is 24.1 Å². The Bertz CT molecular complexity index is 2120. The Labute approximate surface area is 372 Å². The number of hydrogen-bond donors (Lipinski definition) is 2. The summed E-state index contributed by atoms with van der Waals surface area (Å²) in [6.45, 7) is 8.61. The van der Waals surface area contributed by atoms with Gasteiger partial charge in [-0.15, -0.1) is 0 Å². The van der Waals surface area contributed by atoms with E-state index in [0.29, 0.717) is 30.3 Å². The van der Waals surface area contributed by atoms with E-state index in [1.54, 1.807) is 14.2 Å². The zero-order valence-corrected chi connectivity index (χ0v) is 37.3. The molecule has 0 saturated carbocycles. The second kappa shape index (κ2) is 21.5. The average molecular weight is 893 g/mol. The first-order chi connectivity index (χ1) is 30.1. The molecule has 2 N–H and O–H groups in total. The van der Waals surface area contributed by atoms with Crippen molar-refractivity contribution in [2.24, 2.45) is 5.92 Å². The van der Waals surface area contributed by atoms with E-state index < -0.39 is 60.7 Å². The summed E-state index contributed by atoms with van der Waals surface area (Å²) in [6.07, 6.45) is -6.52. The predicted molar refractivity (Wildman–Crippen MR) is 231 cm³/mol. The first kappa shape index (κ1) is 47.3. The van der Waals surface area contributed by atoms with Crippen LogP contribution in [0.2, 0.25) is 0 Å². The number of hydrogen-bond acceptors (Lipinski definition) is 16. The van der Waals surface area contributed by atoms with Crippen molar-refractivity contribution in [3.63, 3.8) is 0 Å². The smallest absolute Gasteiger partial charge is 0.303 e. The quantitative estimate of drug-likeness (QED) is 0.114. The maximum Gasteiger partial charge on any atom is 0.303 e. The van der Waals surface area contributed by atoms with Gasteiger partial charge < -0.3 is 53.1 Å². The number of ether oxygens (including phenoxy) is 9. The van der Waals surface area contributed by atoms with Gasteiger partial charge >= 0.3 is 23.9 Å². The van der Waals surface area contributed by atoms with Crippen molar-refractivity contribution in [3.8, 4) is 11.5 Å². The number of carbonyl (C=O) groups is 4. The first-order valence-corrected chi connectivity index (χ1v) is 21.2. The number of aliphatic hydroxyl groups is 1. The summed E-state index contributed by atoms with van der Waals surface area (Å²) >= 11 is 5.83. The van der Waals surface area contributed by atoms with Crippen LogP contribution in [0.3, 0.4) is 0 Å². The number of esters is 4. The molecule has 17 heteroatoms. The Kier molecular flexibility index (Phi) is 16.1. The average Bonchev–Trinajstić information content (AvgIpc) is 3.24. The molecule has 340 valence electrons. The van der Waals surface area contributed by atoms with Crippen LogP contribution < -0.4 is 14.8 Å². The van der Waals surface area contributed by atoms with Crippen LogP contribution in [-0.4, -0.2) is 109 Å². The molecule has 0 aromatic heterocycles. The SMILES string of the molecule is COc1cc2c(cc1OC)CN(C[C@H]1OC(c3cccc(NC(=S)C[C@@H]4O[C@H](COC(C)=O)[C@@H](OC(C)=O)[C@H](OC(C)=O)[C@H]4OC(C)=O)c3)O[C@@H](c3ccc(CO)cc3)[C@H]1C)CC2. The zero-order chi connectivity index (χ0) is 45.4. The van der Waals surface area contributed by atoms with Gasteiger partial charge in [0.2, 0.25) is 0 Å². The van der Waals surface area contributed by atoms with E-state index in [2.05, 4.69) is 23.2 Å². The number of thiocarbonyl (C=S) groups is 1. The topological polar surface area (TPSA) is 187 Å². The van der Waals surface area contributed by atoms with Crippen LogP contribution in [0.4, 0.5) is 5.69 Å². The molecule has 6 rings (SSSR count). The van der Waals surface area contributed by atoms with Gasteiger partial charge in [-0.2, -0.15) is 0 Å². The number of nitrogens with zero attached hydrogens (tertiary/aromatic N) is 1. The molecule has 16 nitrogen and oxygen atoms in total. The molecule has 3 aliphatic rings. The van der Waals surface area contributed by atoms with E-state index in [-0.39, 0.29) is 42.7 Å². The highest BCUT2D eigenvalue weighted by molar-refractivity contribution is 7.80. The lowest BCUT2D eigenvalue weighted by atomic mass is 9.89. The number of carbonyl (C=O) groups excluding carboxylic acids is 4. The molecule has 0 spiro atoms. The number of nitrogens with one attached hydrogen (secondary N) is 1. The summed E-state index contributed by atoms with van der Waals surface area (Å²) in [7, 11) is 3.27. The lowest BCUT2D eigenvalue weighted by molar-refractivity contribution is -0.276. The molecule has 0 radical (unpaired) electrons. The number of rotatable bonds is 15. The molecule has 9 atom stereocenters. The molecule has 0 amide bonds. The van der Waals surface area contributed by atoms with Crippen LogP contribution in [-0.2, 0) is 71.9 Å². The first-order valence-electron chi connectivity index (χ1n) is 20.8. The van der Waals surface area contributed by atoms with E-state index >= 15 is 0 Å². The molecule has 2 fully saturated rings. The highest BCUT2D eigenvalue weighted by Crippen LogP contribution is 2.43. The monoisotopic (exact) mass is 892 g/mol. The van der Waals surface area contributed by atoms with Crippen LogP contribution in [0.15, 0.2) is 60.7 Å². The summed E-state index contributed by atoms with van der Waals surface area (Å²) in [5.74, 6) is -1.42. The van der Waals surface area contributed by atoms with Crippen molar-refractivity contribution in [1.82, 2.24) is 4.90 Å². The highest BCUT2D eigenvalue weighted by atomic mass is 32.1. The van der Waals surface area contributed by atoms with Gasteiger partial charge in [-0.05, 0) is 52.9 Å².